The number of nitrogens with zero attached hydrogens (tertiary/aromatic N) is 1. The van der Waals surface area contributed by atoms with Crippen molar-refractivity contribution in [3.05, 3.63) is 222 Å². The van der Waals surface area contributed by atoms with Gasteiger partial charge in [-0.1, -0.05) is 140 Å². The van der Waals surface area contributed by atoms with Crippen LogP contribution in [-0.2, 0) is 5.41 Å². The summed E-state index contributed by atoms with van der Waals surface area (Å²) in [4.78, 5) is 2.14. The van der Waals surface area contributed by atoms with Crippen LogP contribution >= 0.6 is 0 Å². The van der Waals surface area contributed by atoms with Gasteiger partial charge in [0.05, 0.1) is 11.1 Å². The van der Waals surface area contributed by atoms with Crippen molar-refractivity contribution in [3.8, 4) is 44.5 Å². The summed E-state index contributed by atoms with van der Waals surface area (Å²) in [6.07, 6.45) is 0. The minimum atomic E-state index is -0.892. The minimum absolute atomic E-state index is 0.320. The standard InChI is InChI=1S/C49H31F2N/c50-36-23-28-42-45(29-36)49(43-17-9-7-15-40(43)41-16-8-10-18-44(41)49)46-30-37(51)31-47(48(42)46)52(38-24-19-34(20-25-38)32-11-3-1-4-12-32)39-26-21-35(22-27-39)33-13-5-2-6-14-33/h1-31H. The Morgan fingerprint density at radius 1 is 0.346 bits per heavy atom. The number of fused-ring (bicyclic) bond motifs is 10. The lowest BCUT2D eigenvalue weighted by atomic mass is 9.70. The molecule has 10 rings (SSSR count). The molecular formula is C49H31F2N. The van der Waals surface area contributed by atoms with E-state index in [0.717, 1.165) is 78.1 Å². The molecule has 2 aliphatic carbocycles. The molecule has 1 spiro atoms. The molecule has 0 N–H and O–H groups in total. The zero-order chi connectivity index (χ0) is 34.8. The number of anilines is 3. The molecule has 2 aliphatic rings. The fourth-order valence-electron chi connectivity index (χ4n) is 8.65. The van der Waals surface area contributed by atoms with Crippen LogP contribution in [0, 0.1) is 11.6 Å². The number of benzene rings is 8. The Balaban J connectivity index is 1.25. The molecule has 3 heteroatoms. The quantitative estimate of drug-likeness (QED) is 0.176. The van der Waals surface area contributed by atoms with Gasteiger partial charge in [-0.25, -0.2) is 8.78 Å². The maximum atomic E-state index is 16.6. The molecule has 52 heavy (non-hydrogen) atoms. The predicted molar refractivity (Wildman–Crippen MR) is 208 cm³/mol. The molecule has 8 aromatic rings. The molecule has 0 saturated carbocycles. The van der Waals surface area contributed by atoms with Crippen molar-refractivity contribution >= 4 is 17.1 Å². The summed E-state index contributed by atoms with van der Waals surface area (Å²) >= 11 is 0. The van der Waals surface area contributed by atoms with Crippen LogP contribution in [0.15, 0.2) is 188 Å². The van der Waals surface area contributed by atoms with E-state index >= 15 is 8.78 Å². The van der Waals surface area contributed by atoms with Crippen LogP contribution in [0.1, 0.15) is 22.3 Å². The summed E-state index contributed by atoms with van der Waals surface area (Å²) in [6.45, 7) is 0. The van der Waals surface area contributed by atoms with Crippen LogP contribution in [0.5, 0.6) is 0 Å². The zero-order valence-corrected chi connectivity index (χ0v) is 28.1. The highest BCUT2D eigenvalue weighted by Crippen LogP contribution is 2.65. The van der Waals surface area contributed by atoms with Crippen LogP contribution in [0.25, 0.3) is 44.5 Å². The highest BCUT2D eigenvalue weighted by atomic mass is 19.1. The van der Waals surface area contributed by atoms with Crippen molar-refractivity contribution in [1.29, 1.82) is 0 Å². The van der Waals surface area contributed by atoms with E-state index in [1.165, 1.54) is 6.07 Å². The molecule has 0 amide bonds. The van der Waals surface area contributed by atoms with Crippen LogP contribution in [0.2, 0.25) is 0 Å². The summed E-state index contributed by atoms with van der Waals surface area (Å²) in [5.41, 5.74) is 13.6. The average molecular weight is 672 g/mol. The van der Waals surface area contributed by atoms with Crippen LogP contribution in [0.3, 0.4) is 0 Å². The lowest BCUT2D eigenvalue weighted by molar-refractivity contribution is 0.618. The summed E-state index contributed by atoms with van der Waals surface area (Å²) < 4.78 is 32.1. The number of hydrogen-bond donors (Lipinski definition) is 0. The Hall–Kier alpha value is -6.58. The average Bonchev–Trinajstić information content (AvgIpc) is 3.66. The van der Waals surface area contributed by atoms with Gasteiger partial charge in [0.15, 0.2) is 0 Å². The second-order valence-electron chi connectivity index (χ2n) is 13.5. The second-order valence-corrected chi connectivity index (χ2v) is 13.5. The summed E-state index contributed by atoms with van der Waals surface area (Å²) in [7, 11) is 0. The molecule has 0 radical (unpaired) electrons. The van der Waals surface area contributed by atoms with Crippen LogP contribution in [-0.4, -0.2) is 0 Å². The fourth-order valence-corrected chi connectivity index (χ4v) is 8.65. The molecule has 0 fully saturated rings. The first-order valence-electron chi connectivity index (χ1n) is 17.6. The lowest BCUT2D eigenvalue weighted by Gasteiger charge is -2.32. The third-order valence-electron chi connectivity index (χ3n) is 10.8. The monoisotopic (exact) mass is 671 g/mol. The molecule has 0 heterocycles. The molecule has 0 saturated heterocycles. The molecule has 0 atom stereocenters. The Bertz CT molecular complexity index is 2500. The minimum Gasteiger partial charge on any atom is -0.310 e. The molecular weight excluding hydrogens is 641 g/mol. The number of hydrogen-bond acceptors (Lipinski definition) is 1. The Morgan fingerprint density at radius 3 is 1.35 bits per heavy atom. The maximum Gasteiger partial charge on any atom is 0.125 e. The summed E-state index contributed by atoms with van der Waals surface area (Å²) in [5.74, 6) is -0.672. The second kappa shape index (κ2) is 11.8. The highest BCUT2D eigenvalue weighted by Gasteiger charge is 2.53. The fraction of sp³-hybridized carbons (Fsp3) is 0.0204. The first-order chi connectivity index (χ1) is 25.6. The molecule has 0 unspecified atom stereocenters. The van der Waals surface area contributed by atoms with Crippen molar-refractivity contribution in [3.63, 3.8) is 0 Å². The van der Waals surface area contributed by atoms with Gasteiger partial charge in [0.1, 0.15) is 11.6 Å². The normalized spacial score (nSPS) is 13.0. The molecule has 0 aromatic heterocycles. The lowest BCUT2D eigenvalue weighted by Crippen LogP contribution is -2.26. The van der Waals surface area contributed by atoms with Gasteiger partial charge >= 0.3 is 0 Å². The van der Waals surface area contributed by atoms with Crippen molar-refractivity contribution in [2.75, 3.05) is 4.90 Å². The van der Waals surface area contributed by atoms with Crippen molar-refractivity contribution in [2.24, 2.45) is 0 Å². The first-order valence-corrected chi connectivity index (χ1v) is 17.6. The Labute approximate surface area is 301 Å². The molecule has 246 valence electrons. The van der Waals surface area contributed by atoms with Crippen LogP contribution < -0.4 is 4.90 Å². The van der Waals surface area contributed by atoms with E-state index in [0.29, 0.717) is 5.69 Å². The molecule has 8 aromatic carbocycles. The maximum absolute atomic E-state index is 16.6. The first kappa shape index (κ1) is 30.3. The third-order valence-corrected chi connectivity index (χ3v) is 10.8. The van der Waals surface area contributed by atoms with E-state index in [1.807, 2.05) is 66.7 Å². The van der Waals surface area contributed by atoms with Crippen molar-refractivity contribution in [2.45, 2.75) is 5.41 Å². The van der Waals surface area contributed by atoms with E-state index in [9.17, 15) is 0 Å². The topological polar surface area (TPSA) is 3.24 Å². The third kappa shape index (κ3) is 4.46. The van der Waals surface area contributed by atoms with Gasteiger partial charge in [0, 0.05) is 16.9 Å². The van der Waals surface area contributed by atoms with Gasteiger partial charge in [0.25, 0.3) is 0 Å². The van der Waals surface area contributed by atoms with E-state index in [-0.39, 0.29) is 11.6 Å². The summed E-state index contributed by atoms with van der Waals surface area (Å²) in [6, 6.07) is 62.4. The zero-order valence-electron chi connectivity index (χ0n) is 28.1. The molecule has 0 aliphatic heterocycles. The number of halogens is 2. The molecule has 1 nitrogen and oxygen atoms in total. The van der Waals surface area contributed by atoms with Gasteiger partial charge < -0.3 is 4.90 Å². The van der Waals surface area contributed by atoms with Gasteiger partial charge in [0.2, 0.25) is 0 Å². The smallest absolute Gasteiger partial charge is 0.125 e. The largest absolute Gasteiger partial charge is 0.310 e. The van der Waals surface area contributed by atoms with E-state index < -0.39 is 5.41 Å². The Kier molecular flexibility index (Phi) is 6.84. The molecule has 0 bridgehead atoms. The van der Waals surface area contributed by atoms with Gasteiger partial charge in [-0.2, -0.15) is 0 Å². The van der Waals surface area contributed by atoms with Crippen LogP contribution in [0.4, 0.5) is 25.8 Å². The van der Waals surface area contributed by atoms with Gasteiger partial charge in [-0.3, -0.25) is 0 Å². The van der Waals surface area contributed by atoms with Crippen molar-refractivity contribution in [1.82, 2.24) is 0 Å². The van der Waals surface area contributed by atoms with E-state index in [1.54, 1.807) is 18.2 Å². The van der Waals surface area contributed by atoms with Gasteiger partial charge in [-0.15, -0.1) is 0 Å². The number of rotatable bonds is 5. The Morgan fingerprint density at radius 2 is 0.808 bits per heavy atom. The van der Waals surface area contributed by atoms with Gasteiger partial charge in [-0.05, 0) is 110 Å². The van der Waals surface area contributed by atoms with E-state index in [2.05, 4.69) is 102 Å². The summed E-state index contributed by atoms with van der Waals surface area (Å²) in [5, 5.41) is 0. The predicted octanol–water partition coefficient (Wildman–Crippen LogP) is 13.1. The highest BCUT2D eigenvalue weighted by molar-refractivity contribution is 6.01. The van der Waals surface area contributed by atoms with E-state index in [4.69, 9.17) is 0 Å². The SMILES string of the molecule is Fc1ccc2c(c1)C1(c3ccccc3-c3ccccc31)c1cc(F)cc(N(c3ccc(-c4ccccc4)cc3)c3ccc(-c4ccccc4)cc3)c1-2. The van der Waals surface area contributed by atoms with Crippen molar-refractivity contribution < 1.29 is 8.78 Å².